The fraction of sp³-hybridized carbons (Fsp3) is 0.647. The fourth-order valence-electron chi connectivity index (χ4n) is 3.07. The lowest BCUT2D eigenvalue weighted by molar-refractivity contribution is 0.151. The number of aromatic hydroxyl groups is 1. The molecule has 0 saturated carbocycles. The second kappa shape index (κ2) is 7.03. The summed E-state index contributed by atoms with van der Waals surface area (Å²) < 4.78 is 10.4. The van der Waals surface area contributed by atoms with Crippen molar-refractivity contribution in [3.63, 3.8) is 0 Å². The molecular weight excluding hydrogens is 266 g/mol. The van der Waals surface area contributed by atoms with E-state index in [2.05, 4.69) is 18.7 Å². The number of piperidine rings is 1. The van der Waals surface area contributed by atoms with Crippen LogP contribution in [0, 0.1) is 11.8 Å². The molecule has 0 radical (unpaired) electrons. The Morgan fingerprint density at radius 1 is 1.14 bits per heavy atom. The van der Waals surface area contributed by atoms with Crippen LogP contribution in [0.3, 0.4) is 0 Å². The molecule has 4 heteroatoms. The first kappa shape index (κ1) is 16.0. The molecule has 1 N–H and O–H groups in total. The monoisotopic (exact) mass is 293 g/mol. The lowest BCUT2D eigenvalue weighted by Crippen LogP contribution is -2.34. The van der Waals surface area contributed by atoms with Crippen molar-refractivity contribution < 1.29 is 14.6 Å². The van der Waals surface area contributed by atoms with Crippen LogP contribution in [0.4, 0.5) is 0 Å². The molecule has 1 aliphatic heterocycles. The molecule has 0 bridgehead atoms. The van der Waals surface area contributed by atoms with Crippen molar-refractivity contribution >= 4 is 0 Å². The molecule has 2 rings (SSSR count). The Balaban J connectivity index is 2.03. The number of hydrogen-bond donors (Lipinski definition) is 1. The summed E-state index contributed by atoms with van der Waals surface area (Å²) in [5.41, 5.74) is 1.12. The van der Waals surface area contributed by atoms with Crippen LogP contribution in [-0.2, 0) is 6.54 Å². The molecular formula is C17H27NO3. The lowest BCUT2D eigenvalue weighted by Gasteiger charge is -2.34. The summed E-state index contributed by atoms with van der Waals surface area (Å²) in [5.74, 6) is 2.65. The molecule has 1 aliphatic rings. The van der Waals surface area contributed by atoms with Crippen molar-refractivity contribution in [1.29, 1.82) is 0 Å². The van der Waals surface area contributed by atoms with E-state index >= 15 is 0 Å². The van der Waals surface area contributed by atoms with Crippen LogP contribution in [0.15, 0.2) is 12.1 Å². The summed E-state index contributed by atoms with van der Waals surface area (Å²) in [6.07, 6.45) is 2.54. The highest BCUT2D eigenvalue weighted by Crippen LogP contribution is 2.37. The van der Waals surface area contributed by atoms with Gasteiger partial charge in [-0.15, -0.1) is 0 Å². The highest BCUT2D eigenvalue weighted by molar-refractivity contribution is 5.52. The van der Waals surface area contributed by atoms with Gasteiger partial charge in [-0.1, -0.05) is 13.8 Å². The zero-order chi connectivity index (χ0) is 15.4. The van der Waals surface area contributed by atoms with Crippen LogP contribution in [0.25, 0.3) is 0 Å². The molecule has 21 heavy (non-hydrogen) atoms. The molecule has 0 amide bonds. The predicted molar refractivity (Wildman–Crippen MR) is 84.0 cm³/mol. The van der Waals surface area contributed by atoms with Crippen LogP contribution in [0.1, 0.15) is 32.3 Å². The Hall–Kier alpha value is -1.42. The van der Waals surface area contributed by atoms with Gasteiger partial charge in [-0.3, -0.25) is 4.90 Å². The zero-order valence-electron chi connectivity index (χ0n) is 13.6. The van der Waals surface area contributed by atoms with Gasteiger partial charge >= 0.3 is 0 Å². The molecule has 1 saturated heterocycles. The first-order valence-electron chi connectivity index (χ1n) is 7.71. The fourth-order valence-corrected chi connectivity index (χ4v) is 3.07. The number of ether oxygens (including phenoxy) is 2. The Labute approximate surface area is 127 Å². The van der Waals surface area contributed by atoms with Crippen LogP contribution >= 0.6 is 0 Å². The lowest BCUT2D eigenvalue weighted by atomic mass is 9.86. The van der Waals surface area contributed by atoms with Crippen molar-refractivity contribution in [1.82, 2.24) is 4.90 Å². The molecule has 0 atom stereocenters. The molecule has 1 aromatic carbocycles. The van der Waals surface area contributed by atoms with E-state index in [1.165, 1.54) is 12.8 Å². The second-order valence-electron chi connectivity index (χ2n) is 6.21. The maximum Gasteiger partial charge on any atom is 0.200 e. The average molecular weight is 293 g/mol. The van der Waals surface area contributed by atoms with Gasteiger partial charge in [0.1, 0.15) is 0 Å². The average Bonchev–Trinajstić information content (AvgIpc) is 2.49. The van der Waals surface area contributed by atoms with E-state index in [0.29, 0.717) is 11.5 Å². The Kier molecular flexibility index (Phi) is 5.34. The summed E-state index contributed by atoms with van der Waals surface area (Å²) >= 11 is 0. The van der Waals surface area contributed by atoms with Crippen molar-refractivity contribution in [2.75, 3.05) is 27.3 Å². The number of methoxy groups -OCH3 is 2. The third-order valence-electron chi connectivity index (χ3n) is 4.52. The maximum absolute atomic E-state index is 9.95. The SMILES string of the molecule is COc1cc(CN2CCC(C(C)C)CC2)cc(OC)c1O. The van der Waals surface area contributed by atoms with E-state index in [9.17, 15) is 5.11 Å². The molecule has 4 nitrogen and oxygen atoms in total. The molecule has 1 fully saturated rings. The van der Waals surface area contributed by atoms with Gasteiger partial charge < -0.3 is 14.6 Å². The molecule has 0 aliphatic carbocycles. The number of phenols is 1. The largest absolute Gasteiger partial charge is 0.502 e. The van der Waals surface area contributed by atoms with Crippen molar-refractivity contribution in [3.05, 3.63) is 17.7 Å². The molecule has 1 aromatic rings. The minimum atomic E-state index is 0.0715. The third kappa shape index (κ3) is 3.82. The molecule has 0 aromatic heterocycles. The van der Waals surface area contributed by atoms with Crippen LogP contribution in [0.2, 0.25) is 0 Å². The molecule has 118 valence electrons. The highest BCUT2D eigenvalue weighted by atomic mass is 16.5. The number of benzene rings is 1. The molecule has 0 unspecified atom stereocenters. The predicted octanol–water partition coefficient (Wildman–Crippen LogP) is 3.28. The van der Waals surface area contributed by atoms with Crippen molar-refractivity contribution in [2.24, 2.45) is 11.8 Å². The maximum atomic E-state index is 9.95. The number of phenolic OH excluding ortho intramolecular Hbond substituents is 1. The number of hydrogen-bond acceptors (Lipinski definition) is 4. The Bertz CT molecular complexity index is 440. The van der Waals surface area contributed by atoms with E-state index in [0.717, 1.165) is 37.0 Å². The number of nitrogens with zero attached hydrogens (tertiary/aromatic N) is 1. The minimum absolute atomic E-state index is 0.0715. The first-order chi connectivity index (χ1) is 10.0. The zero-order valence-corrected chi connectivity index (χ0v) is 13.6. The Morgan fingerprint density at radius 2 is 1.67 bits per heavy atom. The number of likely N-dealkylation sites (tertiary alicyclic amines) is 1. The van der Waals surface area contributed by atoms with Crippen molar-refractivity contribution in [3.8, 4) is 17.2 Å². The smallest absolute Gasteiger partial charge is 0.200 e. The van der Waals surface area contributed by atoms with Gasteiger partial charge in [-0.05, 0) is 55.5 Å². The van der Waals surface area contributed by atoms with Crippen LogP contribution in [-0.4, -0.2) is 37.3 Å². The molecule has 1 heterocycles. The summed E-state index contributed by atoms with van der Waals surface area (Å²) in [6.45, 7) is 7.77. The summed E-state index contributed by atoms with van der Waals surface area (Å²) in [7, 11) is 3.12. The van der Waals surface area contributed by atoms with Gasteiger partial charge in [0.05, 0.1) is 14.2 Å². The van der Waals surface area contributed by atoms with E-state index in [1.54, 1.807) is 14.2 Å². The standard InChI is InChI=1S/C17H27NO3/c1-12(2)14-5-7-18(8-6-14)11-13-9-15(20-3)17(19)16(10-13)21-4/h9-10,12,14,19H,5-8,11H2,1-4H3. The van der Waals surface area contributed by atoms with Crippen LogP contribution in [0.5, 0.6) is 17.2 Å². The molecule has 0 spiro atoms. The van der Waals surface area contributed by atoms with Crippen molar-refractivity contribution in [2.45, 2.75) is 33.2 Å². The number of rotatable bonds is 5. The first-order valence-corrected chi connectivity index (χ1v) is 7.71. The van der Waals surface area contributed by atoms with E-state index in [4.69, 9.17) is 9.47 Å². The van der Waals surface area contributed by atoms with Gasteiger partial charge in [-0.25, -0.2) is 0 Å². The van der Waals surface area contributed by atoms with E-state index < -0.39 is 0 Å². The third-order valence-corrected chi connectivity index (χ3v) is 4.52. The minimum Gasteiger partial charge on any atom is -0.502 e. The van der Waals surface area contributed by atoms with Gasteiger partial charge in [0.25, 0.3) is 0 Å². The van der Waals surface area contributed by atoms with E-state index in [-0.39, 0.29) is 5.75 Å². The van der Waals surface area contributed by atoms with Crippen LogP contribution < -0.4 is 9.47 Å². The summed E-state index contributed by atoms with van der Waals surface area (Å²) in [4.78, 5) is 2.46. The highest BCUT2D eigenvalue weighted by Gasteiger charge is 2.22. The summed E-state index contributed by atoms with van der Waals surface area (Å²) in [5, 5.41) is 9.95. The summed E-state index contributed by atoms with van der Waals surface area (Å²) in [6, 6.07) is 3.79. The van der Waals surface area contributed by atoms with Gasteiger partial charge in [-0.2, -0.15) is 0 Å². The Morgan fingerprint density at radius 3 is 2.10 bits per heavy atom. The second-order valence-corrected chi connectivity index (χ2v) is 6.21. The topological polar surface area (TPSA) is 41.9 Å². The quantitative estimate of drug-likeness (QED) is 0.904. The van der Waals surface area contributed by atoms with Gasteiger partial charge in [0.15, 0.2) is 11.5 Å². The van der Waals surface area contributed by atoms with Gasteiger partial charge in [0.2, 0.25) is 5.75 Å². The van der Waals surface area contributed by atoms with Gasteiger partial charge in [0, 0.05) is 6.54 Å². The van der Waals surface area contributed by atoms with E-state index in [1.807, 2.05) is 12.1 Å². The normalized spacial score (nSPS) is 17.2.